The first-order valence-electron chi connectivity index (χ1n) is 7.88. The standard InChI is InChI=1S/C19H20N2O3/c1-2-3-10-23-17-8-6-15(7-9-17)12-16(13-20)19(22)21-14-18-5-4-11-24-18/h4-9,11-12H,2-3,10,14H2,1H3,(H,21,22). The van der Waals surface area contributed by atoms with E-state index in [0.29, 0.717) is 12.4 Å². The maximum atomic E-state index is 12.0. The van der Waals surface area contributed by atoms with Crippen LogP contribution < -0.4 is 10.1 Å². The highest BCUT2D eigenvalue weighted by molar-refractivity contribution is 6.01. The highest BCUT2D eigenvalue weighted by Crippen LogP contribution is 2.15. The van der Waals surface area contributed by atoms with Crippen molar-refractivity contribution in [3.63, 3.8) is 0 Å². The van der Waals surface area contributed by atoms with Gasteiger partial charge in [-0.1, -0.05) is 25.5 Å². The van der Waals surface area contributed by atoms with E-state index >= 15 is 0 Å². The third-order valence-electron chi connectivity index (χ3n) is 3.33. The summed E-state index contributed by atoms with van der Waals surface area (Å²) < 4.78 is 10.7. The zero-order chi connectivity index (χ0) is 17.2. The molecule has 2 aromatic rings. The molecule has 0 fully saturated rings. The second-order valence-electron chi connectivity index (χ2n) is 5.20. The molecular weight excluding hydrogens is 304 g/mol. The summed E-state index contributed by atoms with van der Waals surface area (Å²) in [6.07, 6.45) is 5.18. The minimum atomic E-state index is -0.433. The number of furan rings is 1. The lowest BCUT2D eigenvalue weighted by Crippen LogP contribution is -2.23. The fourth-order valence-electron chi connectivity index (χ4n) is 1.99. The van der Waals surface area contributed by atoms with E-state index in [1.807, 2.05) is 30.3 Å². The molecule has 124 valence electrons. The fraction of sp³-hybridized carbons (Fsp3) is 0.263. The number of rotatable bonds is 8. The van der Waals surface area contributed by atoms with Gasteiger partial charge in [-0.25, -0.2) is 0 Å². The SMILES string of the molecule is CCCCOc1ccc(C=C(C#N)C(=O)NCc2ccco2)cc1. The Morgan fingerprint density at radius 3 is 2.75 bits per heavy atom. The van der Waals surface area contributed by atoms with Crippen molar-refractivity contribution in [2.24, 2.45) is 0 Å². The Labute approximate surface area is 141 Å². The van der Waals surface area contributed by atoms with Gasteiger partial charge in [-0.3, -0.25) is 4.79 Å². The topological polar surface area (TPSA) is 75.3 Å². The van der Waals surface area contributed by atoms with Crippen LogP contribution in [0.2, 0.25) is 0 Å². The summed E-state index contributed by atoms with van der Waals surface area (Å²) in [4.78, 5) is 12.0. The van der Waals surface area contributed by atoms with Crippen molar-refractivity contribution in [2.75, 3.05) is 6.61 Å². The van der Waals surface area contributed by atoms with Crippen LogP contribution in [-0.4, -0.2) is 12.5 Å². The van der Waals surface area contributed by atoms with E-state index in [4.69, 9.17) is 9.15 Å². The monoisotopic (exact) mass is 324 g/mol. The van der Waals surface area contributed by atoms with Crippen molar-refractivity contribution in [1.29, 1.82) is 5.26 Å². The highest BCUT2D eigenvalue weighted by atomic mass is 16.5. The van der Waals surface area contributed by atoms with E-state index < -0.39 is 5.91 Å². The molecule has 1 aromatic heterocycles. The molecule has 0 spiro atoms. The number of carbonyl (C=O) groups is 1. The van der Waals surface area contributed by atoms with Crippen molar-refractivity contribution in [2.45, 2.75) is 26.3 Å². The molecule has 1 aromatic carbocycles. The predicted molar refractivity (Wildman–Crippen MR) is 91.0 cm³/mol. The summed E-state index contributed by atoms with van der Waals surface area (Å²) in [5.41, 5.74) is 0.809. The number of hydrogen-bond acceptors (Lipinski definition) is 4. The molecule has 1 amide bonds. The summed E-state index contributed by atoms with van der Waals surface area (Å²) in [5.74, 6) is 0.979. The molecule has 0 saturated heterocycles. The molecule has 5 heteroatoms. The van der Waals surface area contributed by atoms with Crippen LogP contribution in [0, 0.1) is 11.3 Å². The Hall–Kier alpha value is -3.00. The molecule has 0 aliphatic heterocycles. The van der Waals surface area contributed by atoms with E-state index in [2.05, 4.69) is 12.2 Å². The number of ether oxygens (including phenoxy) is 1. The van der Waals surface area contributed by atoms with Gasteiger partial charge < -0.3 is 14.5 Å². The summed E-state index contributed by atoms with van der Waals surface area (Å²) in [7, 11) is 0. The lowest BCUT2D eigenvalue weighted by atomic mass is 10.1. The molecule has 0 bridgehead atoms. The van der Waals surface area contributed by atoms with Gasteiger partial charge in [0.1, 0.15) is 23.2 Å². The molecule has 5 nitrogen and oxygen atoms in total. The number of benzene rings is 1. The van der Waals surface area contributed by atoms with Crippen LogP contribution in [-0.2, 0) is 11.3 Å². The van der Waals surface area contributed by atoms with Crippen LogP contribution in [0.15, 0.2) is 52.7 Å². The summed E-state index contributed by atoms with van der Waals surface area (Å²) in [6, 6.07) is 12.7. The molecule has 0 aliphatic carbocycles. The highest BCUT2D eigenvalue weighted by Gasteiger charge is 2.09. The van der Waals surface area contributed by atoms with Gasteiger partial charge in [0.05, 0.1) is 19.4 Å². The van der Waals surface area contributed by atoms with E-state index in [0.717, 1.165) is 24.2 Å². The van der Waals surface area contributed by atoms with E-state index in [1.165, 1.54) is 6.26 Å². The fourth-order valence-corrected chi connectivity index (χ4v) is 1.99. The minimum Gasteiger partial charge on any atom is -0.494 e. The first-order chi connectivity index (χ1) is 11.7. The number of amides is 1. The van der Waals surface area contributed by atoms with Gasteiger partial charge in [-0.2, -0.15) is 5.26 Å². The molecule has 0 aliphatic rings. The van der Waals surface area contributed by atoms with Crippen molar-refractivity contribution in [1.82, 2.24) is 5.32 Å². The maximum Gasteiger partial charge on any atom is 0.262 e. The van der Waals surface area contributed by atoms with Gasteiger partial charge in [0.15, 0.2) is 0 Å². The zero-order valence-corrected chi connectivity index (χ0v) is 13.6. The largest absolute Gasteiger partial charge is 0.494 e. The Bertz CT molecular complexity index is 710. The summed E-state index contributed by atoms with van der Waals surface area (Å²) >= 11 is 0. The Kier molecular flexibility index (Phi) is 6.66. The van der Waals surface area contributed by atoms with Crippen LogP contribution in [0.1, 0.15) is 31.1 Å². The average Bonchev–Trinajstić information content (AvgIpc) is 3.12. The Balaban J connectivity index is 1.96. The van der Waals surface area contributed by atoms with Crippen LogP contribution in [0.25, 0.3) is 6.08 Å². The van der Waals surface area contributed by atoms with E-state index in [-0.39, 0.29) is 12.1 Å². The molecular formula is C19H20N2O3. The summed E-state index contributed by atoms with van der Waals surface area (Å²) in [6.45, 7) is 3.04. The van der Waals surface area contributed by atoms with Gasteiger partial charge in [0.2, 0.25) is 0 Å². The number of carbonyl (C=O) groups excluding carboxylic acids is 1. The smallest absolute Gasteiger partial charge is 0.262 e. The van der Waals surface area contributed by atoms with Gasteiger partial charge in [0.25, 0.3) is 5.91 Å². The van der Waals surface area contributed by atoms with E-state index in [9.17, 15) is 10.1 Å². The van der Waals surface area contributed by atoms with Crippen LogP contribution >= 0.6 is 0 Å². The molecule has 1 N–H and O–H groups in total. The molecule has 2 rings (SSSR count). The van der Waals surface area contributed by atoms with Crippen molar-refractivity contribution in [3.05, 3.63) is 59.6 Å². The van der Waals surface area contributed by atoms with Crippen molar-refractivity contribution in [3.8, 4) is 11.8 Å². The van der Waals surface area contributed by atoms with E-state index in [1.54, 1.807) is 18.2 Å². The number of nitrogens with zero attached hydrogens (tertiary/aromatic N) is 1. The number of nitriles is 1. The third kappa shape index (κ3) is 5.33. The first-order valence-corrected chi connectivity index (χ1v) is 7.88. The number of unbranched alkanes of at least 4 members (excludes halogenated alkanes) is 1. The van der Waals surface area contributed by atoms with Crippen molar-refractivity contribution < 1.29 is 13.9 Å². The first kappa shape index (κ1) is 17.4. The van der Waals surface area contributed by atoms with Gasteiger partial charge in [-0.05, 0) is 42.3 Å². The predicted octanol–water partition coefficient (Wildman–Crippen LogP) is 3.68. The second-order valence-corrected chi connectivity index (χ2v) is 5.20. The number of nitrogens with one attached hydrogen (secondary N) is 1. The lowest BCUT2D eigenvalue weighted by molar-refractivity contribution is -0.117. The summed E-state index contributed by atoms with van der Waals surface area (Å²) in [5, 5.41) is 11.8. The quantitative estimate of drug-likeness (QED) is 0.456. The number of hydrogen-bond donors (Lipinski definition) is 1. The Morgan fingerprint density at radius 2 is 2.12 bits per heavy atom. The lowest BCUT2D eigenvalue weighted by Gasteiger charge is -2.05. The van der Waals surface area contributed by atoms with Crippen LogP contribution in [0.5, 0.6) is 5.75 Å². The molecule has 0 unspecified atom stereocenters. The average molecular weight is 324 g/mol. The van der Waals surface area contributed by atoms with Crippen molar-refractivity contribution >= 4 is 12.0 Å². The van der Waals surface area contributed by atoms with Gasteiger partial charge in [-0.15, -0.1) is 0 Å². The molecule has 0 atom stereocenters. The third-order valence-corrected chi connectivity index (χ3v) is 3.33. The second kappa shape index (κ2) is 9.21. The Morgan fingerprint density at radius 1 is 1.33 bits per heavy atom. The van der Waals surface area contributed by atoms with Gasteiger partial charge in [0, 0.05) is 0 Å². The maximum absolute atomic E-state index is 12.0. The minimum absolute atomic E-state index is 0.0428. The molecule has 0 radical (unpaired) electrons. The zero-order valence-electron chi connectivity index (χ0n) is 13.6. The molecule has 24 heavy (non-hydrogen) atoms. The van der Waals surface area contributed by atoms with Crippen LogP contribution in [0.3, 0.4) is 0 Å². The normalized spacial score (nSPS) is 10.9. The van der Waals surface area contributed by atoms with Crippen LogP contribution in [0.4, 0.5) is 0 Å². The molecule has 0 saturated carbocycles. The molecule has 1 heterocycles. The van der Waals surface area contributed by atoms with Gasteiger partial charge >= 0.3 is 0 Å².